The van der Waals surface area contributed by atoms with Gasteiger partial charge in [0.1, 0.15) is 17.6 Å². The van der Waals surface area contributed by atoms with Crippen LogP contribution in [0.5, 0.6) is 5.75 Å². The first kappa shape index (κ1) is 24.0. The quantitative estimate of drug-likeness (QED) is 0.381. The number of aryl methyl sites for hydroxylation is 1. The average Bonchev–Trinajstić information content (AvgIpc) is 2.79. The fourth-order valence-electron chi connectivity index (χ4n) is 3.57. The highest BCUT2D eigenvalue weighted by Gasteiger charge is 2.20. The highest BCUT2D eigenvalue weighted by Crippen LogP contribution is 2.18. The zero-order chi connectivity index (χ0) is 23.6. The lowest BCUT2D eigenvalue weighted by Gasteiger charge is -2.20. The minimum atomic E-state index is -0.523. The molecule has 1 amide bonds. The minimum absolute atomic E-state index is 0.144. The molecule has 1 heterocycles. The molecule has 0 bridgehead atoms. The van der Waals surface area contributed by atoms with Crippen molar-refractivity contribution < 1.29 is 9.53 Å². The number of carbonyl (C=O) groups excluding carboxylic acids is 1. The molecule has 2 atom stereocenters. The number of amides is 1. The fraction of sp³-hybridized carbons (Fsp3) is 0.346. The van der Waals surface area contributed by atoms with E-state index in [1.165, 1.54) is 0 Å². The van der Waals surface area contributed by atoms with Crippen molar-refractivity contribution in [3.8, 4) is 5.75 Å². The molecule has 0 saturated carbocycles. The third-order valence-electron chi connectivity index (χ3n) is 5.23. The second-order valence-corrected chi connectivity index (χ2v) is 8.16. The van der Waals surface area contributed by atoms with E-state index < -0.39 is 6.04 Å². The fourth-order valence-corrected chi connectivity index (χ4v) is 3.57. The van der Waals surface area contributed by atoms with Gasteiger partial charge in [-0.15, -0.1) is 0 Å². The molecule has 7 nitrogen and oxygen atoms in total. The molecule has 1 aromatic heterocycles. The van der Waals surface area contributed by atoms with E-state index in [0.29, 0.717) is 23.9 Å². The normalized spacial score (nSPS) is 12.5. The first-order valence-corrected chi connectivity index (χ1v) is 11.3. The SMILES string of the molecule is CCCC(C)Nc1nc(C)cc(N[C@@H](Cc2ccccc2)C(=O)Nc2ccc(OC)cc2)n1. The van der Waals surface area contributed by atoms with Gasteiger partial charge in [-0.2, -0.15) is 4.98 Å². The molecule has 0 aliphatic heterocycles. The van der Waals surface area contributed by atoms with Crippen molar-refractivity contribution in [3.05, 3.63) is 71.9 Å². The third-order valence-corrected chi connectivity index (χ3v) is 5.23. The van der Waals surface area contributed by atoms with Crippen LogP contribution in [0, 0.1) is 6.92 Å². The Morgan fingerprint density at radius 3 is 2.42 bits per heavy atom. The summed E-state index contributed by atoms with van der Waals surface area (Å²) in [5.74, 6) is 1.77. The van der Waals surface area contributed by atoms with Crippen LogP contribution in [0.2, 0.25) is 0 Å². The minimum Gasteiger partial charge on any atom is -0.497 e. The molecule has 0 spiro atoms. The third kappa shape index (κ3) is 7.49. The zero-order valence-corrected chi connectivity index (χ0v) is 19.8. The molecule has 0 radical (unpaired) electrons. The van der Waals surface area contributed by atoms with Gasteiger partial charge in [-0.05, 0) is 50.1 Å². The topological polar surface area (TPSA) is 88.2 Å². The van der Waals surface area contributed by atoms with Crippen molar-refractivity contribution in [1.82, 2.24) is 9.97 Å². The smallest absolute Gasteiger partial charge is 0.247 e. The first-order chi connectivity index (χ1) is 16.0. The van der Waals surface area contributed by atoms with Crippen molar-refractivity contribution >= 4 is 23.4 Å². The molecule has 0 fully saturated rings. The van der Waals surface area contributed by atoms with Crippen LogP contribution < -0.4 is 20.7 Å². The van der Waals surface area contributed by atoms with Crippen LogP contribution in [0.1, 0.15) is 37.9 Å². The van der Waals surface area contributed by atoms with Crippen molar-refractivity contribution in [2.75, 3.05) is 23.1 Å². The number of rotatable bonds is 11. The van der Waals surface area contributed by atoms with E-state index in [-0.39, 0.29) is 11.9 Å². The maximum Gasteiger partial charge on any atom is 0.247 e. The summed E-state index contributed by atoms with van der Waals surface area (Å²) in [6.45, 7) is 6.19. The van der Waals surface area contributed by atoms with E-state index in [1.807, 2.05) is 67.6 Å². The lowest BCUT2D eigenvalue weighted by molar-refractivity contribution is -0.116. The van der Waals surface area contributed by atoms with E-state index in [9.17, 15) is 4.79 Å². The van der Waals surface area contributed by atoms with Gasteiger partial charge >= 0.3 is 0 Å². The van der Waals surface area contributed by atoms with Gasteiger partial charge in [0.2, 0.25) is 11.9 Å². The molecule has 174 valence electrons. The van der Waals surface area contributed by atoms with Gasteiger partial charge < -0.3 is 20.7 Å². The van der Waals surface area contributed by atoms with Gasteiger partial charge in [0, 0.05) is 29.9 Å². The molecule has 3 rings (SSSR count). The Morgan fingerprint density at radius 1 is 1.03 bits per heavy atom. The second-order valence-electron chi connectivity index (χ2n) is 8.16. The standard InChI is InChI=1S/C26H33N5O2/c1-5-9-18(2)27-26-28-19(3)16-24(31-26)30-23(17-20-10-7-6-8-11-20)25(32)29-21-12-14-22(33-4)15-13-21/h6-8,10-16,18,23H,5,9,17H2,1-4H3,(H,29,32)(H2,27,28,30,31)/t18?,23-/m0/s1. The van der Waals surface area contributed by atoms with E-state index in [2.05, 4.69) is 39.8 Å². The van der Waals surface area contributed by atoms with E-state index >= 15 is 0 Å². The number of hydrogen-bond donors (Lipinski definition) is 3. The van der Waals surface area contributed by atoms with Crippen molar-refractivity contribution in [2.24, 2.45) is 0 Å². The molecule has 33 heavy (non-hydrogen) atoms. The zero-order valence-electron chi connectivity index (χ0n) is 19.8. The summed E-state index contributed by atoms with van der Waals surface area (Å²) in [4.78, 5) is 22.4. The van der Waals surface area contributed by atoms with Gasteiger partial charge in [-0.3, -0.25) is 4.79 Å². The summed E-state index contributed by atoms with van der Waals surface area (Å²) in [6, 6.07) is 18.8. The Hall–Kier alpha value is -3.61. The van der Waals surface area contributed by atoms with Gasteiger partial charge in [-0.1, -0.05) is 43.7 Å². The summed E-state index contributed by atoms with van der Waals surface area (Å²) in [6.07, 6.45) is 2.62. The Labute approximate surface area is 196 Å². The molecule has 0 aliphatic rings. The van der Waals surface area contributed by atoms with Crippen LogP contribution in [0.15, 0.2) is 60.7 Å². The van der Waals surface area contributed by atoms with Crippen molar-refractivity contribution in [3.63, 3.8) is 0 Å². The van der Waals surface area contributed by atoms with Gasteiger partial charge in [0.15, 0.2) is 0 Å². The van der Waals surface area contributed by atoms with Gasteiger partial charge in [-0.25, -0.2) is 4.98 Å². The Bertz CT molecular complexity index is 1020. The predicted molar refractivity (Wildman–Crippen MR) is 134 cm³/mol. The summed E-state index contributed by atoms with van der Waals surface area (Å²) in [7, 11) is 1.61. The molecule has 2 aromatic carbocycles. The maximum atomic E-state index is 13.2. The monoisotopic (exact) mass is 447 g/mol. The van der Waals surface area contributed by atoms with Crippen LogP contribution in [0.25, 0.3) is 0 Å². The number of methoxy groups -OCH3 is 1. The van der Waals surface area contributed by atoms with Crippen molar-refractivity contribution in [2.45, 2.75) is 52.1 Å². The second kappa shape index (κ2) is 11.9. The molecule has 0 aliphatic carbocycles. The summed E-state index contributed by atoms with van der Waals surface area (Å²) in [5, 5.41) is 9.68. The average molecular weight is 448 g/mol. The molecule has 0 saturated heterocycles. The Balaban J connectivity index is 1.80. The number of benzene rings is 2. The number of ether oxygens (including phenoxy) is 1. The highest BCUT2D eigenvalue weighted by atomic mass is 16.5. The molecule has 3 N–H and O–H groups in total. The number of aromatic nitrogens is 2. The lowest BCUT2D eigenvalue weighted by atomic mass is 10.0. The lowest BCUT2D eigenvalue weighted by Crippen LogP contribution is -2.37. The number of hydrogen-bond acceptors (Lipinski definition) is 6. The molecular weight excluding hydrogens is 414 g/mol. The van der Waals surface area contributed by atoms with Crippen LogP contribution in [-0.2, 0) is 11.2 Å². The maximum absolute atomic E-state index is 13.2. The van der Waals surface area contributed by atoms with E-state index in [4.69, 9.17) is 4.74 Å². The molecule has 1 unspecified atom stereocenters. The van der Waals surface area contributed by atoms with E-state index in [1.54, 1.807) is 7.11 Å². The molecule has 7 heteroatoms. The Kier molecular flexibility index (Phi) is 8.63. The van der Waals surface area contributed by atoms with Crippen LogP contribution >= 0.6 is 0 Å². The van der Waals surface area contributed by atoms with Crippen LogP contribution in [0.4, 0.5) is 17.5 Å². The number of nitrogens with one attached hydrogen (secondary N) is 3. The largest absolute Gasteiger partial charge is 0.497 e. The number of anilines is 3. The van der Waals surface area contributed by atoms with Gasteiger partial charge in [0.25, 0.3) is 0 Å². The Morgan fingerprint density at radius 2 is 1.76 bits per heavy atom. The predicted octanol–water partition coefficient (Wildman–Crippen LogP) is 5.06. The summed E-state index contributed by atoms with van der Waals surface area (Å²) < 4.78 is 5.20. The number of nitrogens with zero attached hydrogens (tertiary/aromatic N) is 2. The first-order valence-electron chi connectivity index (χ1n) is 11.3. The van der Waals surface area contributed by atoms with Crippen molar-refractivity contribution in [1.29, 1.82) is 0 Å². The van der Waals surface area contributed by atoms with Crippen LogP contribution in [-0.4, -0.2) is 35.1 Å². The summed E-state index contributed by atoms with van der Waals surface area (Å²) in [5.41, 5.74) is 2.59. The molecular formula is C26H33N5O2. The van der Waals surface area contributed by atoms with E-state index in [0.717, 1.165) is 29.8 Å². The van der Waals surface area contributed by atoms with Crippen LogP contribution in [0.3, 0.4) is 0 Å². The van der Waals surface area contributed by atoms with Gasteiger partial charge in [0.05, 0.1) is 7.11 Å². The number of carbonyl (C=O) groups is 1. The highest BCUT2D eigenvalue weighted by molar-refractivity contribution is 5.96. The molecule has 3 aromatic rings. The summed E-state index contributed by atoms with van der Waals surface area (Å²) >= 11 is 0.